The summed E-state index contributed by atoms with van der Waals surface area (Å²) in [7, 11) is 0. The Morgan fingerprint density at radius 2 is 2.25 bits per heavy atom. The molecular weight excluding hydrogens is 222 g/mol. The van der Waals surface area contributed by atoms with E-state index in [1.54, 1.807) is 12.1 Å². The van der Waals surface area contributed by atoms with Gasteiger partial charge in [0.05, 0.1) is 0 Å². The number of phenolic OH excluding ortho intramolecular Hbond substituents is 1. The molecule has 1 aromatic rings. The van der Waals surface area contributed by atoms with E-state index in [9.17, 15) is 5.11 Å². The van der Waals surface area contributed by atoms with Gasteiger partial charge in [0.1, 0.15) is 5.75 Å². The highest BCUT2D eigenvalue weighted by atomic mass is 35.5. The maximum atomic E-state index is 9.78. The zero-order valence-corrected chi connectivity index (χ0v) is 9.95. The van der Waals surface area contributed by atoms with Crippen molar-refractivity contribution in [2.45, 2.75) is 31.8 Å². The van der Waals surface area contributed by atoms with Crippen LogP contribution in [-0.4, -0.2) is 22.6 Å². The first-order valence-corrected chi connectivity index (χ1v) is 6.31. The summed E-state index contributed by atoms with van der Waals surface area (Å²) in [4.78, 5) is 2.49. The van der Waals surface area contributed by atoms with Crippen LogP contribution < -0.4 is 0 Å². The second kappa shape index (κ2) is 3.94. The van der Waals surface area contributed by atoms with Crippen LogP contribution in [0.25, 0.3) is 0 Å². The smallest absolute Gasteiger partial charge is 0.120 e. The van der Waals surface area contributed by atoms with E-state index in [0.29, 0.717) is 10.8 Å². The normalized spacial score (nSPS) is 28.8. The highest BCUT2D eigenvalue weighted by Gasteiger charge is 2.37. The van der Waals surface area contributed by atoms with Gasteiger partial charge in [-0.1, -0.05) is 11.6 Å². The monoisotopic (exact) mass is 237 g/mol. The van der Waals surface area contributed by atoms with Crippen LogP contribution in [0.15, 0.2) is 18.2 Å². The average molecular weight is 238 g/mol. The minimum Gasteiger partial charge on any atom is -0.508 e. The minimum atomic E-state index is 0.368. The van der Waals surface area contributed by atoms with Gasteiger partial charge in [-0.25, -0.2) is 0 Å². The van der Waals surface area contributed by atoms with Gasteiger partial charge in [0.15, 0.2) is 0 Å². The van der Waals surface area contributed by atoms with E-state index in [4.69, 9.17) is 11.6 Å². The second-order valence-electron chi connectivity index (χ2n) is 5.04. The number of fused-ring (bicyclic) bond motifs is 2. The third-order valence-electron chi connectivity index (χ3n) is 3.94. The molecule has 0 spiro atoms. The van der Waals surface area contributed by atoms with Gasteiger partial charge >= 0.3 is 0 Å². The summed E-state index contributed by atoms with van der Waals surface area (Å²) in [6, 6.07) is 6.04. The van der Waals surface area contributed by atoms with Crippen molar-refractivity contribution in [3.05, 3.63) is 28.8 Å². The first-order chi connectivity index (χ1) is 7.72. The van der Waals surface area contributed by atoms with Crippen molar-refractivity contribution in [2.75, 3.05) is 6.54 Å². The first-order valence-electron chi connectivity index (χ1n) is 5.94. The van der Waals surface area contributed by atoms with Gasteiger partial charge < -0.3 is 5.11 Å². The summed E-state index contributed by atoms with van der Waals surface area (Å²) in [6.45, 7) is 2.03. The Bertz CT molecular complexity index is 407. The van der Waals surface area contributed by atoms with Crippen LogP contribution in [0.2, 0.25) is 5.02 Å². The number of likely N-dealkylation sites (tertiary alicyclic amines) is 1. The van der Waals surface area contributed by atoms with Gasteiger partial charge in [0, 0.05) is 29.7 Å². The Hall–Kier alpha value is -0.730. The Kier molecular flexibility index (Phi) is 2.56. The molecule has 3 heteroatoms. The van der Waals surface area contributed by atoms with Crippen molar-refractivity contribution in [3.63, 3.8) is 0 Å². The van der Waals surface area contributed by atoms with E-state index >= 15 is 0 Å². The van der Waals surface area contributed by atoms with Crippen molar-refractivity contribution in [2.24, 2.45) is 5.92 Å². The van der Waals surface area contributed by atoms with Gasteiger partial charge in [-0.2, -0.15) is 0 Å². The van der Waals surface area contributed by atoms with Gasteiger partial charge in [0.25, 0.3) is 0 Å². The maximum Gasteiger partial charge on any atom is 0.120 e. The Balaban J connectivity index is 1.76. The molecule has 2 aliphatic rings. The summed E-state index contributed by atoms with van der Waals surface area (Å²) < 4.78 is 0. The van der Waals surface area contributed by atoms with Crippen LogP contribution in [0.1, 0.15) is 24.8 Å². The predicted molar refractivity (Wildman–Crippen MR) is 64.7 cm³/mol. The summed E-state index contributed by atoms with van der Waals surface area (Å²) >= 11 is 5.95. The van der Waals surface area contributed by atoms with Crippen LogP contribution >= 0.6 is 11.6 Å². The van der Waals surface area contributed by atoms with Crippen LogP contribution in [0.3, 0.4) is 0 Å². The molecule has 2 nitrogen and oxygen atoms in total. The highest BCUT2D eigenvalue weighted by molar-refractivity contribution is 6.30. The van der Waals surface area contributed by atoms with Gasteiger partial charge in [-0.3, -0.25) is 4.90 Å². The summed E-state index contributed by atoms with van der Waals surface area (Å²) in [5, 5.41) is 10.5. The highest BCUT2D eigenvalue weighted by Crippen LogP contribution is 2.38. The molecule has 2 unspecified atom stereocenters. The lowest BCUT2D eigenvalue weighted by atomic mass is 10.1. The van der Waals surface area contributed by atoms with E-state index in [1.165, 1.54) is 25.8 Å². The lowest BCUT2D eigenvalue weighted by molar-refractivity contribution is 0.203. The number of hydrogen-bond acceptors (Lipinski definition) is 2. The number of hydrogen-bond donors (Lipinski definition) is 1. The largest absolute Gasteiger partial charge is 0.508 e. The molecule has 1 aliphatic heterocycles. The van der Waals surface area contributed by atoms with Crippen LogP contribution in [0.5, 0.6) is 5.75 Å². The standard InChI is InChI=1S/C13H16ClNO/c14-11-2-4-13(16)10(6-11)8-15-7-9-1-3-12(15)5-9/h2,4,6,9,12,16H,1,3,5,7-8H2. The fourth-order valence-electron chi connectivity index (χ4n) is 3.12. The molecule has 1 saturated carbocycles. The van der Waals surface area contributed by atoms with E-state index in [1.807, 2.05) is 6.07 Å². The van der Waals surface area contributed by atoms with E-state index < -0.39 is 0 Å². The molecule has 2 atom stereocenters. The average Bonchev–Trinajstić information content (AvgIpc) is 2.85. The third kappa shape index (κ3) is 1.80. The molecule has 1 heterocycles. The number of aromatic hydroxyl groups is 1. The molecule has 0 amide bonds. The van der Waals surface area contributed by atoms with Gasteiger partial charge in [-0.05, 0) is 43.4 Å². The van der Waals surface area contributed by atoms with Crippen molar-refractivity contribution >= 4 is 11.6 Å². The molecule has 1 aromatic carbocycles. The second-order valence-corrected chi connectivity index (χ2v) is 5.47. The Morgan fingerprint density at radius 3 is 2.94 bits per heavy atom. The number of nitrogens with zero attached hydrogens (tertiary/aromatic N) is 1. The number of rotatable bonds is 2. The molecule has 16 heavy (non-hydrogen) atoms. The number of phenols is 1. The summed E-state index contributed by atoms with van der Waals surface area (Å²) in [5.41, 5.74) is 0.958. The van der Waals surface area contributed by atoms with Gasteiger partial charge in [0.2, 0.25) is 0 Å². The lowest BCUT2D eigenvalue weighted by Gasteiger charge is -2.27. The molecule has 0 aromatic heterocycles. The Morgan fingerprint density at radius 1 is 1.38 bits per heavy atom. The van der Waals surface area contributed by atoms with Crippen molar-refractivity contribution in [3.8, 4) is 5.75 Å². The molecule has 1 aliphatic carbocycles. The van der Waals surface area contributed by atoms with Crippen molar-refractivity contribution in [1.82, 2.24) is 4.90 Å². The quantitative estimate of drug-likeness (QED) is 0.855. The molecule has 0 radical (unpaired) electrons. The minimum absolute atomic E-state index is 0.368. The zero-order valence-electron chi connectivity index (χ0n) is 9.19. The predicted octanol–water partition coefficient (Wildman–Crippen LogP) is 3.03. The molecule has 1 N–H and O–H groups in total. The molecule has 2 fully saturated rings. The van der Waals surface area contributed by atoms with Crippen molar-refractivity contribution < 1.29 is 5.11 Å². The lowest BCUT2D eigenvalue weighted by Crippen LogP contribution is -2.31. The van der Waals surface area contributed by atoms with E-state index in [2.05, 4.69) is 4.90 Å². The zero-order chi connectivity index (χ0) is 11.1. The molecule has 3 rings (SSSR count). The maximum absolute atomic E-state index is 9.78. The Labute approximate surface area is 101 Å². The topological polar surface area (TPSA) is 23.5 Å². The molecular formula is C13H16ClNO. The number of benzene rings is 1. The van der Waals surface area contributed by atoms with Crippen LogP contribution in [0, 0.1) is 5.92 Å². The summed E-state index contributed by atoms with van der Waals surface area (Å²) in [6.07, 6.45) is 4.07. The van der Waals surface area contributed by atoms with Crippen LogP contribution in [-0.2, 0) is 6.54 Å². The fraction of sp³-hybridized carbons (Fsp3) is 0.538. The number of piperidine rings is 1. The van der Waals surface area contributed by atoms with Gasteiger partial charge in [-0.15, -0.1) is 0 Å². The van der Waals surface area contributed by atoms with E-state index in [-0.39, 0.29) is 0 Å². The van der Waals surface area contributed by atoms with Crippen LogP contribution in [0.4, 0.5) is 0 Å². The van der Waals surface area contributed by atoms with Crippen molar-refractivity contribution in [1.29, 1.82) is 0 Å². The third-order valence-corrected chi connectivity index (χ3v) is 4.17. The molecule has 2 bridgehead atoms. The fourth-order valence-corrected chi connectivity index (χ4v) is 3.31. The molecule has 86 valence electrons. The molecule has 1 saturated heterocycles. The SMILES string of the molecule is Oc1ccc(Cl)cc1CN1CC2CCC1C2. The number of halogens is 1. The summed E-state index contributed by atoms with van der Waals surface area (Å²) in [5.74, 6) is 1.26. The van der Waals surface area contributed by atoms with E-state index in [0.717, 1.165) is 24.1 Å². The first kappa shape index (κ1) is 10.4.